The topological polar surface area (TPSA) is 78.4 Å². The smallest absolute Gasteiger partial charge is 0.395 e. The van der Waals surface area contributed by atoms with Crippen LogP contribution in [-0.2, 0) is 4.74 Å². The minimum atomic E-state index is -1.11. The van der Waals surface area contributed by atoms with Crippen molar-refractivity contribution >= 4 is 12.1 Å². The van der Waals surface area contributed by atoms with E-state index in [-0.39, 0.29) is 11.4 Å². The molecule has 0 amide bonds. The summed E-state index contributed by atoms with van der Waals surface area (Å²) in [5, 5.41) is 0. The van der Waals surface area contributed by atoms with Crippen molar-refractivity contribution in [2.45, 2.75) is 0 Å². The molecule has 90 valence electrons. The summed E-state index contributed by atoms with van der Waals surface area (Å²) in [4.78, 5) is 30.0. The van der Waals surface area contributed by atoms with Crippen molar-refractivity contribution in [3.63, 3.8) is 0 Å². The van der Waals surface area contributed by atoms with Crippen LogP contribution in [0.15, 0.2) is 48.9 Å². The minimum absolute atomic E-state index is 0.0185. The predicted octanol–water partition coefficient (Wildman–Crippen LogP) is 1.83. The quantitative estimate of drug-likeness (QED) is 0.455. The van der Waals surface area contributed by atoms with Crippen molar-refractivity contribution in [1.82, 2.24) is 9.97 Å². The molecule has 0 atom stereocenters. The van der Waals surface area contributed by atoms with Crippen molar-refractivity contribution in [1.29, 1.82) is 0 Å². The highest BCUT2D eigenvalue weighted by molar-refractivity contribution is 5.93. The molecule has 0 spiro atoms. The van der Waals surface area contributed by atoms with E-state index in [1.54, 1.807) is 30.3 Å². The van der Waals surface area contributed by atoms with Gasteiger partial charge in [-0.05, 0) is 18.2 Å². The Balaban J connectivity index is 1.94. The molecule has 1 aromatic heterocycles. The lowest BCUT2D eigenvalue weighted by atomic mass is 10.3. The summed E-state index contributed by atoms with van der Waals surface area (Å²) in [6.45, 7) is 0. The normalized spacial score (nSPS) is 9.56. The van der Waals surface area contributed by atoms with Gasteiger partial charge in [0.15, 0.2) is 5.69 Å². The summed E-state index contributed by atoms with van der Waals surface area (Å²) < 4.78 is 9.23. The molecule has 18 heavy (non-hydrogen) atoms. The van der Waals surface area contributed by atoms with Gasteiger partial charge in [0.25, 0.3) is 0 Å². The van der Waals surface area contributed by atoms with Crippen LogP contribution in [0.1, 0.15) is 10.5 Å². The van der Waals surface area contributed by atoms with Crippen LogP contribution in [0.2, 0.25) is 0 Å². The highest BCUT2D eigenvalue weighted by Crippen LogP contribution is 2.09. The maximum absolute atomic E-state index is 11.4. The fourth-order valence-electron chi connectivity index (χ4n) is 1.15. The van der Waals surface area contributed by atoms with E-state index >= 15 is 0 Å². The first kappa shape index (κ1) is 11.7. The number of esters is 1. The first-order chi connectivity index (χ1) is 8.75. The van der Waals surface area contributed by atoms with Crippen molar-refractivity contribution in [3.05, 3.63) is 54.6 Å². The number of para-hydroxylation sites is 1. The molecule has 0 fully saturated rings. The van der Waals surface area contributed by atoms with Crippen LogP contribution in [0.25, 0.3) is 0 Å². The van der Waals surface area contributed by atoms with Gasteiger partial charge in [-0.25, -0.2) is 19.6 Å². The van der Waals surface area contributed by atoms with Gasteiger partial charge in [0.05, 0.1) is 0 Å². The summed E-state index contributed by atoms with van der Waals surface area (Å²) in [6, 6.07) is 9.61. The molecule has 0 radical (unpaired) electrons. The number of carbonyl (C=O) groups is 2. The monoisotopic (exact) mass is 244 g/mol. The number of hydrogen-bond donors (Lipinski definition) is 0. The van der Waals surface area contributed by atoms with E-state index < -0.39 is 12.1 Å². The molecule has 0 N–H and O–H groups in total. The zero-order chi connectivity index (χ0) is 12.8. The van der Waals surface area contributed by atoms with Crippen molar-refractivity contribution < 1.29 is 19.1 Å². The molecule has 2 rings (SSSR count). The van der Waals surface area contributed by atoms with E-state index in [2.05, 4.69) is 14.7 Å². The van der Waals surface area contributed by atoms with Gasteiger partial charge < -0.3 is 9.47 Å². The third-order valence-corrected chi connectivity index (χ3v) is 1.91. The van der Waals surface area contributed by atoms with Crippen LogP contribution in [-0.4, -0.2) is 22.1 Å². The molecule has 6 heteroatoms. The first-order valence-corrected chi connectivity index (χ1v) is 5.01. The van der Waals surface area contributed by atoms with Gasteiger partial charge in [-0.1, -0.05) is 18.2 Å². The first-order valence-electron chi connectivity index (χ1n) is 5.01. The summed E-state index contributed by atoms with van der Waals surface area (Å²) >= 11 is 0. The lowest BCUT2D eigenvalue weighted by molar-refractivity contribution is 0.0523. The third kappa shape index (κ3) is 3.11. The van der Waals surface area contributed by atoms with Crippen molar-refractivity contribution in [2.75, 3.05) is 0 Å². The molecule has 0 aliphatic heterocycles. The molecular weight excluding hydrogens is 236 g/mol. The largest absolute Gasteiger partial charge is 0.522 e. The van der Waals surface area contributed by atoms with E-state index in [1.807, 2.05) is 0 Å². The van der Waals surface area contributed by atoms with E-state index in [0.29, 0.717) is 0 Å². The summed E-state index contributed by atoms with van der Waals surface area (Å²) in [7, 11) is 0. The Hall–Kier alpha value is -2.76. The number of carbonyl (C=O) groups excluding carboxylic acids is 2. The number of ether oxygens (including phenoxy) is 2. The van der Waals surface area contributed by atoms with Crippen LogP contribution >= 0.6 is 0 Å². The predicted molar refractivity (Wildman–Crippen MR) is 59.9 cm³/mol. The maximum atomic E-state index is 11.4. The van der Waals surface area contributed by atoms with Gasteiger partial charge >= 0.3 is 12.1 Å². The molecule has 0 bridgehead atoms. The van der Waals surface area contributed by atoms with Crippen LogP contribution in [0.3, 0.4) is 0 Å². The molecule has 2 aromatic rings. The highest BCUT2D eigenvalue weighted by atomic mass is 16.7. The zero-order valence-corrected chi connectivity index (χ0v) is 9.15. The molecule has 0 aliphatic rings. The summed E-state index contributed by atoms with van der Waals surface area (Å²) in [5.41, 5.74) is -0.0185. The molecule has 0 saturated carbocycles. The van der Waals surface area contributed by atoms with Crippen LogP contribution in [0.4, 0.5) is 4.79 Å². The molecule has 1 aromatic carbocycles. The fraction of sp³-hybridized carbons (Fsp3) is 0. The van der Waals surface area contributed by atoms with Gasteiger partial charge in [-0.3, -0.25) is 0 Å². The second kappa shape index (κ2) is 5.53. The Labute approximate surface area is 102 Å². The average molecular weight is 244 g/mol. The SMILES string of the molecule is O=C(OC(=O)c1ccncn1)Oc1ccccc1. The van der Waals surface area contributed by atoms with Crippen molar-refractivity contribution in [3.8, 4) is 5.75 Å². The zero-order valence-electron chi connectivity index (χ0n) is 9.15. The second-order valence-corrected chi connectivity index (χ2v) is 3.15. The number of hydrogen-bond acceptors (Lipinski definition) is 6. The van der Waals surface area contributed by atoms with E-state index in [9.17, 15) is 9.59 Å². The van der Waals surface area contributed by atoms with Crippen LogP contribution in [0, 0.1) is 0 Å². The molecule has 1 heterocycles. The molecule has 0 unspecified atom stereocenters. The number of nitrogens with zero attached hydrogens (tertiary/aromatic N) is 2. The molecule has 0 saturated heterocycles. The van der Waals surface area contributed by atoms with Crippen LogP contribution in [0.5, 0.6) is 5.75 Å². The number of benzene rings is 1. The van der Waals surface area contributed by atoms with Gasteiger partial charge in [0, 0.05) is 6.20 Å². The fourth-order valence-corrected chi connectivity index (χ4v) is 1.15. The Morgan fingerprint density at radius 1 is 1.06 bits per heavy atom. The third-order valence-electron chi connectivity index (χ3n) is 1.91. The van der Waals surface area contributed by atoms with Crippen molar-refractivity contribution in [2.24, 2.45) is 0 Å². The molecular formula is C12H8N2O4. The van der Waals surface area contributed by atoms with Gasteiger partial charge in [-0.15, -0.1) is 0 Å². The lowest BCUT2D eigenvalue weighted by Gasteiger charge is -2.03. The highest BCUT2D eigenvalue weighted by Gasteiger charge is 2.15. The number of aromatic nitrogens is 2. The van der Waals surface area contributed by atoms with E-state index in [4.69, 9.17) is 4.74 Å². The second-order valence-electron chi connectivity index (χ2n) is 3.15. The summed E-state index contributed by atoms with van der Waals surface area (Å²) in [5.74, 6) is -0.601. The Bertz CT molecular complexity index is 543. The van der Waals surface area contributed by atoms with E-state index in [1.165, 1.54) is 18.6 Å². The molecule has 0 aliphatic carbocycles. The molecule has 6 nitrogen and oxygen atoms in total. The number of rotatable bonds is 2. The van der Waals surface area contributed by atoms with Crippen LogP contribution < -0.4 is 4.74 Å². The van der Waals surface area contributed by atoms with E-state index in [0.717, 1.165) is 0 Å². The Morgan fingerprint density at radius 2 is 1.83 bits per heavy atom. The standard InChI is InChI=1S/C12H8N2O4/c15-11(10-6-7-13-8-14-10)18-12(16)17-9-4-2-1-3-5-9/h1-8H. The Morgan fingerprint density at radius 3 is 2.50 bits per heavy atom. The summed E-state index contributed by atoms with van der Waals surface area (Å²) in [6.07, 6.45) is 1.44. The van der Waals surface area contributed by atoms with Gasteiger partial charge in [0.2, 0.25) is 0 Å². The van der Waals surface area contributed by atoms with Gasteiger partial charge in [0.1, 0.15) is 12.1 Å². The maximum Gasteiger partial charge on any atom is 0.522 e. The average Bonchev–Trinajstić information content (AvgIpc) is 2.40. The Kier molecular flexibility index (Phi) is 3.60. The van der Waals surface area contributed by atoms with Gasteiger partial charge in [-0.2, -0.15) is 0 Å². The minimum Gasteiger partial charge on any atom is -0.395 e. The lowest BCUT2D eigenvalue weighted by Crippen LogP contribution is -2.17.